The minimum absolute atomic E-state index is 0.155. The number of amides is 2. The van der Waals surface area contributed by atoms with E-state index < -0.39 is 0 Å². The molecule has 0 bridgehead atoms. The molecule has 0 atom stereocenters. The molecule has 0 aliphatic rings. The van der Waals surface area contributed by atoms with E-state index in [0.717, 1.165) is 35.6 Å². The third-order valence-corrected chi connectivity index (χ3v) is 5.26. The lowest BCUT2D eigenvalue weighted by atomic mass is 10.1. The molecule has 0 aliphatic carbocycles. The van der Waals surface area contributed by atoms with Crippen molar-refractivity contribution < 1.29 is 19.1 Å². The number of benzene rings is 2. The van der Waals surface area contributed by atoms with Crippen LogP contribution in [-0.2, 0) is 4.79 Å². The Morgan fingerprint density at radius 1 is 1.03 bits per heavy atom. The van der Waals surface area contributed by atoms with Gasteiger partial charge in [0.15, 0.2) is 5.13 Å². The first-order chi connectivity index (χ1) is 15.6. The lowest BCUT2D eigenvalue weighted by Crippen LogP contribution is -2.32. The van der Waals surface area contributed by atoms with E-state index in [-0.39, 0.29) is 18.4 Å². The van der Waals surface area contributed by atoms with Crippen LogP contribution in [0.15, 0.2) is 53.9 Å². The first kappa shape index (κ1) is 23.3. The molecule has 0 aliphatic heterocycles. The van der Waals surface area contributed by atoms with Gasteiger partial charge in [-0.2, -0.15) is 0 Å². The third kappa shape index (κ3) is 6.55. The van der Waals surface area contributed by atoms with E-state index in [4.69, 9.17) is 9.47 Å². The van der Waals surface area contributed by atoms with Crippen molar-refractivity contribution in [2.75, 3.05) is 25.1 Å². The summed E-state index contributed by atoms with van der Waals surface area (Å²) in [5.74, 6) is 0.785. The van der Waals surface area contributed by atoms with E-state index in [0.29, 0.717) is 23.9 Å². The van der Waals surface area contributed by atoms with Crippen molar-refractivity contribution in [2.45, 2.75) is 26.7 Å². The van der Waals surface area contributed by atoms with Crippen LogP contribution in [0.5, 0.6) is 11.5 Å². The summed E-state index contributed by atoms with van der Waals surface area (Å²) in [6.45, 7) is 5.07. The molecule has 0 radical (unpaired) electrons. The van der Waals surface area contributed by atoms with Gasteiger partial charge in [-0.3, -0.25) is 9.59 Å². The summed E-state index contributed by atoms with van der Waals surface area (Å²) in [6.07, 6.45) is 2.04. The molecule has 1 heterocycles. The van der Waals surface area contributed by atoms with Gasteiger partial charge >= 0.3 is 0 Å². The van der Waals surface area contributed by atoms with Gasteiger partial charge in [-0.25, -0.2) is 4.98 Å². The normalized spacial score (nSPS) is 10.4. The molecule has 0 fully saturated rings. The maximum Gasteiger partial charge on any atom is 0.251 e. The zero-order chi connectivity index (χ0) is 22.8. The zero-order valence-corrected chi connectivity index (χ0v) is 19.0. The number of unbranched alkanes of at least 4 members (excludes halogenated alkanes) is 1. The van der Waals surface area contributed by atoms with Gasteiger partial charge in [0.05, 0.1) is 25.5 Å². The predicted molar refractivity (Wildman–Crippen MR) is 127 cm³/mol. The van der Waals surface area contributed by atoms with Gasteiger partial charge in [0, 0.05) is 16.5 Å². The molecule has 0 unspecified atom stereocenters. The molecule has 8 heteroatoms. The average Bonchev–Trinajstić information content (AvgIpc) is 3.27. The Balaban J connectivity index is 1.51. The average molecular weight is 454 g/mol. The Morgan fingerprint density at radius 3 is 2.56 bits per heavy atom. The number of aromatic nitrogens is 1. The van der Waals surface area contributed by atoms with Gasteiger partial charge in [-0.1, -0.05) is 25.5 Å². The fourth-order valence-electron chi connectivity index (χ4n) is 2.88. The Labute approximate surface area is 191 Å². The Hall–Kier alpha value is -3.39. The number of para-hydroxylation sites is 1. The number of nitrogens with zero attached hydrogens (tertiary/aromatic N) is 1. The quantitative estimate of drug-likeness (QED) is 0.409. The smallest absolute Gasteiger partial charge is 0.251 e. The van der Waals surface area contributed by atoms with Crippen molar-refractivity contribution in [3.63, 3.8) is 0 Å². The number of carbonyl (C=O) groups excluding carboxylic acids is 2. The summed E-state index contributed by atoms with van der Waals surface area (Å²) in [7, 11) is 0. The second-order valence-electron chi connectivity index (χ2n) is 6.92. The van der Waals surface area contributed by atoms with E-state index in [1.807, 2.05) is 36.6 Å². The number of ether oxygens (including phenoxy) is 2. The fraction of sp³-hybridized carbons (Fsp3) is 0.292. The molecule has 2 N–H and O–H groups in total. The van der Waals surface area contributed by atoms with Crippen LogP contribution in [0.4, 0.5) is 5.13 Å². The number of hydrogen-bond acceptors (Lipinski definition) is 6. The van der Waals surface area contributed by atoms with Crippen molar-refractivity contribution in [3.8, 4) is 22.8 Å². The Bertz CT molecular complexity index is 1030. The molecule has 0 spiro atoms. The van der Waals surface area contributed by atoms with Crippen molar-refractivity contribution in [1.29, 1.82) is 0 Å². The monoisotopic (exact) mass is 453 g/mol. The number of nitrogens with one attached hydrogen (secondary N) is 2. The summed E-state index contributed by atoms with van der Waals surface area (Å²) in [5.41, 5.74) is 2.05. The first-order valence-corrected chi connectivity index (χ1v) is 11.5. The van der Waals surface area contributed by atoms with Gasteiger partial charge in [0.1, 0.15) is 11.5 Å². The largest absolute Gasteiger partial charge is 0.494 e. The van der Waals surface area contributed by atoms with Crippen molar-refractivity contribution >= 4 is 28.3 Å². The first-order valence-electron chi connectivity index (χ1n) is 10.6. The number of anilines is 1. The van der Waals surface area contributed by atoms with Gasteiger partial charge < -0.3 is 20.1 Å². The van der Waals surface area contributed by atoms with E-state index in [9.17, 15) is 9.59 Å². The number of rotatable bonds is 11. The molecule has 3 rings (SSSR count). The zero-order valence-electron chi connectivity index (χ0n) is 18.2. The van der Waals surface area contributed by atoms with E-state index in [2.05, 4.69) is 22.5 Å². The number of carbonyl (C=O) groups is 2. The highest BCUT2D eigenvalue weighted by Crippen LogP contribution is 2.32. The molecule has 2 aromatic carbocycles. The molecule has 32 heavy (non-hydrogen) atoms. The highest BCUT2D eigenvalue weighted by atomic mass is 32.1. The lowest BCUT2D eigenvalue weighted by Gasteiger charge is -2.08. The molecular formula is C24H27N3O4S. The maximum atomic E-state index is 12.3. The fourth-order valence-corrected chi connectivity index (χ4v) is 3.60. The van der Waals surface area contributed by atoms with Crippen molar-refractivity contribution in [2.24, 2.45) is 0 Å². The van der Waals surface area contributed by atoms with Crippen LogP contribution in [-0.4, -0.2) is 36.6 Å². The topological polar surface area (TPSA) is 89.5 Å². The van der Waals surface area contributed by atoms with Crippen molar-refractivity contribution in [3.05, 3.63) is 59.5 Å². The van der Waals surface area contributed by atoms with Gasteiger partial charge in [-0.15, -0.1) is 11.3 Å². The highest BCUT2D eigenvalue weighted by Gasteiger charge is 2.13. The maximum absolute atomic E-state index is 12.3. The van der Waals surface area contributed by atoms with Crippen LogP contribution >= 0.6 is 11.3 Å². The molecule has 3 aromatic rings. The molecule has 7 nitrogen and oxygen atoms in total. The van der Waals surface area contributed by atoms with E-state index in [1.54, 1.807) is 24.3 Å². The molecule has 2 amide bonds. The van der Waals surface area contributed by atoms with E-state index in [1.165, 1.54) is 11.3 Å². The Morgan fingerprint density at radius 2 is 1.81 bits per heavy atom. The van der Waals surface area contributed by atoms with Crippen LogP contribution in [0.1, 0.15) is 37.0 Å². The van der Waals surface area contributed by atoms with Crippen LogP contribution in [0, 0.1) is 0 Å². The Kier molecular flexibility index (Phi) is 8.62. The van der Waals surface area contributed by atoms with E-state index >= 15 is 0 Å². The van der Waals surface area contributed by atoms with Gasteiger partial charge in [-0.05, 0) is 49.7 Å². The second kappa shape index (κ2) is 11.9. The minimum Gasteiger partial charge on any atom is -0.494 e. The predicted octanol–water partition coefficient (Wildman–Crippen LogP) is 4.76. The standard InChI is InChI=1S/C24H27N3O4S/c1-3-5-14-31-18-12-10-17(11-13-18)23(29)25-15-22(28)27-24-26-20(16-32-24)19-8-6-7-9-21(19)30-4-2/h6-13,16H,3-5,14-15H2,1-2H3,(H,25,29)(H,26,27,28). The lowest BCUT2D eigenvalue weighted by molar-refractivity contribution is -0.115. The summed E-state index contributed by atoms with van der Waals surface area (Å²) in [4.78, 5) is 29.0. The number of hydrogen-bond donors (Lipinski definition) is 2. The third-order valence-electron chi connectivity index (χ3n) is 4.51. The van der Waals surface area contributed by atoms with Crippen LogP contribution in [0.2, 0.25) is 0 Å². The SMILES string of the molecule is CCCCOc1ccc(C(=O)NCC(=O)Nc2nc(-c3ccccc3OCC)cs2)cc1. The molecular weight excluding hydrogens is 426 g/mol. The summed E-state index contributed by atoms with van der Waals surface area (Å²) in [6, 6.07) is 14.5. The summed E-state index contributed by atoms with van der Waals surface area (Å²) >= 11 is 1.31. The number of thiazole rings is 1. The molecule has 0 saturated heterocycles. The molecule has 0 saturated carbocycles. The van der Waals surface area contributed by atoms with Crippen LogP contribution < -0.4 is 20.1 Å². The molecule has 168 valence electrons. The van der Waals surface area contributed by atoms with Gasteiger partial charge in [0.25, 0.3) is 5.91 Å². The second-order valence-corrected chi connectivity index (χ2v) is 7.78. The summed E-state index contributed by atoms with van der Waals surface area (Å²) in [5, 5.41) is 7.66. The van der Waals surface area contributed by atoms with Crippen LogP contribution in [0.3, 0.4) is 0 Å². The molecule has 1 aromatic heterocycles. The van der Waals surface area contributed by atoms with Crippen LogP contribution in [0.25, 0.3) is 11.3 Å². The van der Waals surface area contributed by atoms with Crippen molar-refractivity contribution in [1.82, 2.24) is 10.3 Å². The van der Waals surface area contributed by atoms with Gasteiger partial charge in [0.2, 0.25) is 5.91 Å². The highest BCUT2D eigenvalue weighted by molar-refractivity contribution is 7.14. The summed E-state index contributed by atoms with van der Waals surface area (Å²) < 4.78 is 11.2. The minimum atomic E-state index is -0.350.